The second-order valence-electron chi connectivity index (χ2n) is 7.21. The van der Waals surface area contributed by atoms with E-state index in [1.165, 1.54) is 33.5 Å². The lowest BCUT2D eigenvalue weighted by Crippen LogP contribution is -2.40. The van der Waals surface area contributed by atoms with Crippen LogP contribution in [0.5, 0.6) is 17.2 Å². The van der Waals surface area contributed by atoms with E-state index in [9.17, 15) is 4.79 Å². The fraction of sp³-hybridized carbons (Fsp3) is 0.348. The molecule has 0 spiro atoms. The van der Waals surface area contributed by atoms with Crippen LogP contribution < -0.4 is 25.0 Å². The van der Waals surface area contributed by atoms with Gasteiger partial charge in [-0.3, -0.25) is 5.43 Å². The number of nitrogens with zero attached hydrogens (tertiary/aromatic N) is 1. The van der Waals surface area contributed by atoms with E-state index in [0.29, 0.717) is 34.0 Å². The van der Waals surface area contributed by atoms with Gasteiger partial charge in [0.2, 0.25) is 0 Å². The second-order valence-corrected chi connectivity index (χ2v) is 7.61. The molecular weight excluding hydrogens is 414 g/mol. The Morgan fingerprint density at radius 2 is 1.74 bits per heavy atom. The monoisotopic (exact) mass is 441 g/mol. The third-order valence-electron chi connectivity index (χ3n) is 5.03. The summed E-state index contributed by atoms with van der Waals surface area (Å²) in [6, 6.07) is 12.3. The molecule has 0 atom stereocenters. The van der Waals surface area contributed by atoms with Crippen LogP contribution in [0, 0.1) is 0 Å². The van der Waals surface area contributed by atoms with E-state index in [-0.39, 0.29) is 0 Å². The Kier molecular flexibility index (Phi) is 8.23. The van der Waals surface area contributed by atoms with Crippen molar-refractivity contribution in [3.63, 3.8) is 0 Å². The lowest BCUT2D eigenvalue weighted by atomic mass is 9.96. The average molecular weight is 442 g/mol. The fourth-order valence-electron chi connectivity index (χ4n) is 3.38. The van der Waals surface area contributed by atoms with Crippen LogP contribution in [0.25, 0.3) is 0 Å². The predicted octanol–water partition coefficient (Wildman–Crippen LogP) is 4.05. The highest BCUT2D eigenvalue weighted by atomic mass is 32.1. The summed E-state index contributed by atoms with van der Waals surface area (Å²) in [5, 5.41) is 8.00. The van der Waals surface area contributed by atoms with Crippen molar-refractivity contribution in [2.75, 3.05) is 14.2 Å². The number of hydrogen-bond donors (Lipinski definition) is 2. The topological polar surface area (TPSA) is 81.2 Å². The zero-order chi connectivity index (χ0) is 22.1. The molecule has 2 aromatic carbocycles. The molecule has 1 aliphatic rings. The van der Waals surface area contributed by atoms with Crippen LogP contribution in [-0.2, 0) is 0 Å². The van der Waals surface area contributed by atoms with Gasteiger partial charge in [0.25, 0.3) is 0 Å². The molecule has 3 rings (SSSR count). The van der Waals surface area contributed by atoms with E-state index in [4.69, 9.17) is 26.4 Å². The molecule has 7 nitrogen and oxygen atoms in total. The van der Waals surface area contributed by atoms with Crippen LogP contribution in [0.3, 0.4) is 0 Å². The summed E-state index contributed by atoms with van der Waals surface area (Å²) in [6.07, 6.45) is 7.74. The Morgan fingerprint density at radius 1 is 1.03 bits per heavy atom. The number of hydrogen-bond acceptors (Lipinski definition) is 6. The predicted molar refractivity (Wildman–Crippen MR) is 124 cm³/mol. The number of benzene rings is 2. The summed E-state index contributed by atoms with van der Waals surface area (Å²) in [4.78, 5) is 12.4. The maximum Gasteiger partial charge on any atom is 0.343 e. The molecule has 0 bridgehead atoms. The first kappa shape index (κ1) is 22.6. The van der Waals surface area contributed by atoms with E-state index >= 15 is 0 Å². The van der Waals surface area contributed by atoms with E-state index in [1.807, 2.05) is 0 Å². The number of methoxy groups -OCH3 is 2. The van der Waals surface area contributed by atoms with Crippen molar-refractivity contribution in [3.05, 3.63) is 53.6 Å². The van der Waals surface area contributed by atoms with Crippen LogP contribution >= 0.6 is 12.2 Å². The first-order valence-corrected chi connectivity index (χ1v) is 10.6. The van der Waals surface area contributed by atoms with Crippen LogP contribution in [0.1, 0.15) is 48.0 Å². The highest BCUT2D eigenvalue weighted by molar-refractivity contribution is 7.80. The van der Waals surface area contributed by atoms with Gasteiger partial charge in [-0.05, 0) is 73.1 Å². The molecule has 31 heavy (non-hydrogen) atoms. The number of carbonyl (C=O) groups excluding carboxylic acids is 1. The van der Waals surface area contributed by atoms with Crippen molar-refractivity contribution in [2.45, 2.75) is 38.1 Å². The Balaban J connectivity index is 1.51. The van der Waals surface area contributed by atoms with Crippen LogP contribution in [-0.4, -0.2) is 37.6 Å². The molecule has 1 aliphatic carbocycles. The van der Waals surface area contributed by atoms with Crippen molar-refractivity contribution in [1.29, 1.82) is 0 Å². The summed E-state index contributed by atoms with van der Waals surface area (Å²) in [5.41, 5.74) is 4.06. The minimum Gasteiger partial charge on any atom is -0.493 e. The number of esters is 1. The fourth-order valence-corrected chi connectivity index (χ4v) is 3.60. The number of carbonyl (C=O) groups is 1. The van der Waals surface area contributed by atoms with Crippen molar-refractivity contribution < 1.29 is 19.0 Å². The molecule has 164 valence electrons. The van der Waals surface area contributed by atoms with Crippen LogP contribution in [0.15, 0.2) is 47.6 Å². The van der Waals surface area contributed by atoms with Gasteiger partial charge < -0.3 is 19.5 Å². The highest BCUT2D eigenvalue weighted by Gasteiger charge is 2.14. The SMILES string of the molecule is COc1ccc(C(=O)Oc2ccc(/C=N\NC(=S)NC3CCCCC3)cc2)cc1OC. The molecule has 0 aromatic heterocycles. The van der Waals surface area contributed by atoms with Crippen molar-refractivity contribution in [1.82, 2.24) is 10.7 Å². The molecular formula is C23H27N3O4S. The number of hydrazone groups is 1. The summed E-state index contributed by atoms with van der Waals surface area (Å²) in [6.45, 7) is 0. The summed E-state index contributed by atoms with van der Waals surface area (Å²) in [7, 11) is 3.05. The summed E-state index contributed by atoms with van der Waals surface area (Å²) in [5.74, 6) is 0.958. The second kappa shape index (κ2) is 11.3. The minimum absolute atomic E-state index is 0.367. The molecule has 0 amide bonds. The smallest absolute Gasteiger partial charge is 0.343 e. The van der Waals surface area contributed by atoms with Gasteiger partial charge in [-0.1, -0.05) is 19.3 Å². The maximum absolute atomic E-state index is 12.4. The minimum atomic E-state index is -0.483. The number of nitrogens with one attached hydrogen (secondary N) is 2. The Hall–Kier alpha value is -3.13. The zero-order valence-corrected chi connectivity index (χ0v) is 18.5. The number of thiocarbonyl (C=S) groups is 1. The van der Waals surface area contributed by atoms with Crippen LogP contribution in [0.4, 0.5) is 0 Å². The maximum atomic E-state index is 12.4. The van der Waals surface area contributed by atoms with Crippen LogP contribution in [0.2, 0.25) is 0 Å². The van der Waals surface area contributed by atoms with Gasteiger partial charge in [0.1, 0.15) is 5.75 Å². The number of rotatable bonds is 7. The van der Waals surface area contributed by atoms with E-state index in [2.05, 4.69) is 15.8 Å². The highest BCUT2D eigenvalue weighted by Crippen LogP contribution is 2.28. The van der Waals surface area contributed by atoms with Crippen molar-refractivity contribution in [3.8, 4) is 17.2 Å². The summed E-state index contributed by atoms with van der Waals surface area (Å²) >= 11 is 5.29. The van der Waals surface area contributed by atoms with Gasteiger partial charge in [0.15, 0.2) is 16.6 Å². The molecule has 2 aromatic rings. The zero-order valence-electron chi connectivity index (χ0n) is 17.7. The average Bonchev–Trinajstić information content (AvgIpc) is 2.80. The normalized spacial score (nSPS) is 14.1. The van der Waals surface area contributed by atoms with Crippen molar-refractivity contribution >= 4 is 29.5 Å². The molecule has 8 heteroatoms. The summed E-state index contributed by atoms with van der Waals surface area (Å²) < 4.78 is 15.8. The Bertz CT molecular complexity index is 925. The Morgan fingerprint density at radius 3 is 2.42 bits per heavy atom. The van der Waals surface area contributed by atoms with E-state index < -0.39 is 5.97 Å². The lowest BCUT2D eigenvalue weighted by molar-refractivity contribution is 0.0734. The van der Waals surface area contributed by atoms with Gasteiger partial charge in [-0.25, -0.2) is 4.79 Å². The van der Waals surface area contributed by atoms with Crippen molar-refractivity contribution in [2.24, 2.45) is 5.10 Å². The molecule has 0 heterocycles. The molecule has 0 radical (unpaired) electrons. The molecule has 2 N–H and O–H groups in total. The van der Waals surface area contributed by atoms with Gasteiger partial charge in [-0.2, -0.15) is 5.10 Å². The molecule has 1 fully saturated rings. The Labute approximate surface area is 187 Å². The lowest BCUT2D eigenvalue weighted by Gasteiger charge is -2.23. The standard InChI is InChI=1S/C23H27N3O4S/c1-28-20-13-10-17(14-21(20)29-2)22(27)30-19-11-8-16(9-12-19)15-24-26-23(31)25-18-6-4-3-5-7-18/h8-15,18H,3-7H2,1-2H3,(H2,25,26,31)/b24-15-. The molecule has 0 saturated heterocycles. The molecule has 0 aliphatic heterocycles. The van der Waals surface area contributed by atoms with Gasteiger partial charge in [0.05, 0.1) is 26.0 Å². The molecule has 0 unspecified atom stereocenters. The quantitative estimate of drug-likeness (QED) is 0.221. The van der Waals surface area contributed by atoms with E-state index in [0.717, 1.165) is 18.4 Å². The first-order valence-electron chi connectivity index (χ1n) is 10.2. The largest absolute Gasteiger partial charge is 0.493 e. The molecule has 1 saturated carbocycles. The third-order valence-corrected chi connectivity index (χ3v) is 5.24. The van der Waals surface area contributed by atoms with E-state index in [1.54, 1.807) is 48.7 Å². The first-order chi connectivity index (χ1) is 15.1. The number of ether oxygens (including phenoxy) is 3. The van der Waals surface area contributed by atoms with Gasteiger partial charge >= 0.3 is 5.97 Å². The van der Waals surface area contributed by atoms with Gasteiger partial charge in [0, 0.05) is 6.04 Å². The van der Waals surface area contributed by atoms with Gasteiger partial charge in [-0.15, -0.1) is 0 Å². The third kappa shape index (κ3) is 6.68.